The summed E-state index contributed by atoms with van der Waals surface area (Å²) >= 11 is 3.98. The number of hydrogen-bond acceptors (Lipinski definition) is 5. The van der Waals surface area contributed by atoms with E-state index in [2.05, 4.69) is 22.6 Å². The second-order valence-electron chi connectivity index (χ2n) is 3.58. The Morgan fingerprint density at radius 2 is 1.56 bits per heavy atom. The summed E-state index contributed by atoms with van der Waals surface area (Å²) in [5, 5.41) is 0.239. The van der Waals surface area contributed by atoms with Crippen LogP contribution in [0.1, 0.15) is 11.1 Å². The quantitative estimate of drug-likeness (QED) is 0.438. The van der Waals surface area contributed by atoms with Crippen molar-refractivity contribution in [2.24, 2.45) is 0 Å². The predicted octanol–water partition coefficient (Wildman–Crippen LogP) is 1.01. The summed E-state index contributed by atoms with van der Waals surface area (Å²) in [5.41, 5.74) is 13.0. The van der Waals surface area contributed by atoms with Crippen LogP contribution in [-0.4, -0.2) is 61.4 Å². The monoisotopic (exact) mass is 290 g/mol. The van der Waals surface area contributed by atoms with Crippen LogP contribution in [0.5, 0.6) is 0 Å². The molecule has 7 heteroatoms. The number of nitrogen functional groups attached to an aromatic ring is 2. The normalized spacial score (nSPS) is 9.89. The Balaban J connectivity index is 0.00000162. The summed E-state index contributed by atoms with van der Waals surface area (Å²) < 4.78 is 12.8. The van der Waals surface area contributed by atoms with Crippen LogP contribution >= 0.6 is 12.6 Å². The molecule has 1 aromatic heterocycles. The van der Waals surface area contributed by atoms with E-state index < -0.39 is 0 Å². The van der Waals surface area contributed by atoms with Gasteiger partial charge >= 0.3 is 51.4 Å². The van der Waals surface area contributed by atoms with Gasteiger partial charge in [0.25, 0.3) is 0 Å². The van der Waals surface area contributed by atoms with E-state index in [0.29, 0.717) is 23.6 Å². The molecule has 2 aromatic rings. The fourth-order valence-corrected chi connectivity index (χ4v) is 1.71. The number of thiol groups is 1. The van der Waals surface area contributed by atoms with Crippen LogP contribution in [0, 0.1) is 5.82 Å². The Morgan fingerprint density at radius 3 is 2.06 bits per heavy atom. The average Bonchev–Trinajstić information content (AvgIpc) is 2.26. The van der Waals surface area contributed by atoms with Crippen LogP contribution < -0.4 is 11.5 Å². The first-order chi connectivity index (χ1) is 8.06. The Labute approximate surface area is 152 Å². The van der Waals surface area contributed by atoms with Crippen LogP contribution in [0.25, 0.3) is 0 Å². The third-order valence-electron chi connectivity index (χ3n) is 2.35. The molecule has 0 saturated carbocycles. The Kier molecular flexibility index (Phi) is 6.02. The van der Waals surface area contributed by atoms with Gasteiger partial charge in [0.15, 0.2) is 5.16 Å². The molecule has 0 amide bonds. The van der Waals surface area contributed by atoms with Crippen molar-refractivity contribution in [1.82, 2.24) is 9.97 Å². The fourth-order valence-electron chi connectivity index (χ4n) is 1.49. The van der Waals surface area contributed by atoms with Crippen molar-refractivity contribution in [3.8, 4) is 0 Å². The first kappa shape index (κ1) is 15.9. The van der Waals surface area contributed by atoms with Crippen molar-refractivity contribution < 1.29 is 4.39 Å². The molecule has 0 aliphatic heterocycles. The summed E-state index contributed by atoms with van der Waals surface area (Å²) in [6.45, 7) is 0. The third-order valence-corrected chi connectivity index (χ3v) is 2.55. The molecule has 0 spiro atoms. The number of hydrogen-bond donors (Lipinski definition) is 3. The first-order valence-corrected chi connectivity index (χ1v) is 5.36. The average molecular weight is 290 g/mol. The molecule has 0 saturated heterocycles. The van der Waals surface area contributed by atoms with E-state index >= 15 is 0 Å². The van der Waals surface area contributed by atoms with E-state index in [4.69, 9.17) is 11.5 Å². The van der Waals surface area contributed by atoms with Gasteiger partial charge in [-0.25, -0.2) is 14.4 Å². The van der Waals surface area contributed by atoms with Crippen LogP contribution in [0.2, 0.25) is 0 Å². The number of benzene rings is 1. The Bertz CT molecular complexity index is 524. The standard InChI is InChI=1S/C11H11FN4S.K.H/c12-7-3-1-6(2-4-7)5-8-9(13)15-11(17)16-10(8)14;;/h1-4H,5H2,(H5,13,14,15,16,17);;. The van der Waals surface area contributed by atoms with Crippen molar-refractivity contribution in [3.05, 3.63) is 41.2 Å². The van der Waals surface area contributed by atoms with E-state index in [1.54, 1.807) is 12.1 Å². The van der Waals surface area contributed by atoms with E-state index in [-0.39, 0.29) is 62.4 Å². The second kappa shape index (κ2) is 6.83. The number of halogens is 1. The van der Waals surface area contributed by atoms with Gasteiger partial charge in [0.1, 0.15) is 17.5 Å². The fraction of sp³-hybridized carbons (Fsp3) is 0.0909. The van der Waals surface area contributed by atoms with Gasteiger partial charge in [-0.05, 0) is 17.7 Å². The number of aromatic nitrogens is 2. The van der Waals surface area contributed by atoms with Crippen molar-refractivity contribution >= 4 is 75.6 Å². The summed E-state index contributed by atoms with van der Waals surface area (Å²) in [4.78, 5) is 7.85. The molecular weight excluding hydrogens is 278 g/mol. The maximum absolute atomic E-state index is 12.8. The molecule has 18 heavy (non-hydrogen) atoms. The van der Waals surface area contributed by atoms with Crippen molar-refractivity contribution in [3.63, 3.8) is 0 Å². The Hall–Kier alpha value is -0.184. The third kappa shape index (κ3) is 3.91. The van der Waals surface area contributed by atoms with Crippen LogP contribution in [0.3, 0.4) is 0 Å². The van der Waals surface area contributed by atoms with Crippen molar-refractivity contribution in [2.75, 3.05) is 11.5 Å². The van der Waals surface area contributed by atoms with Gasteiger partial charge in [-0.3, -0.25) is 0 Å². The van der Waals surface area contributed by atoms with Gasteiger partial charge in [0.2, 0.25) is 0 Å². The molecule has 2 rings (SSSR count). The topological polar surface area (TPSA) is 77.8 Å². The summed E-state index contributed by atoms with van der Waals surface area (Å²) in [7, 11) is 0. The molecule has 0 bridgehead atoms. The zero-order valence-electron chi connectivity index (χ0n) is 8.89. The van der Waals surface area contributed by atoms with Gasteiger partial charge in [-0.1, -0.05) is 12.1 Å². The molecule has 1 heterocycles. The van der Waals surface area contributed by atoms with Crippen molar-refractivity contribution in [1.29, 1.82) is 0 Å². The summed E-state index contributed by atoms with van der Waals surface area (Å²) in [5.74, 6) is 0.315. The summed E-state index contributed by atoms with van der Waals surface area (Å²) in [6.07, 6.45) is 0.464. The number of nitrogens with zero attached hydrogens (tertiary/aromatic N) is 2. The molecule has 0 atom stereocenters. The van der Waals surface area contributed by atoms with Gasteiger partial charge in [0, 0.05) is 12.0 Å². The molecule has 90 valence electrons. The first-order valence-electron chi connectivity index (χ1n) is 4.91. The minimum atomic E-state index is -0.281. The van der Waals surface area contributed by atoms with E-state index in [1.165, 1.54) is 12.1 Å². The van der Waals surface area contributed by atoms with E-state index in [9.17, 15) is 4.39 Å². The molecule has 1 aromatic carbocycles. The molecule has 4 nitrogen and oxygen atoms in total. The van der Waals surface area contributed by atoms with Gasteiger partial charge in [-0.15, -0.1) is 12.6 Å². The molecule has 0 unspecified atom stereocenters. The minimum absolute atomic E-state index is 0. The Morgan fingerprint density at radius 1 is 1.06 bits per heavy atom. The maximum atomic E-state index is 12.8. The SMILES string of the molecule is Nc1nc(S)nc(N)c1Cc1ccc(F)cc1.[KH]. The molecule has 0 radical (unpaired) electrons. The van der Waals surface area contributed by atoms with E-state index in [1.807, 2.05) is 0 Å². The number of nitrogens with two attached hydrogens (primary N) is 2. The summed E-state index contributed by atoms with van der Waals surface area (Å²) in [6, 6.07) is 6.11. The van der Waals surface area contributed by atoms with Gasteiger partial charge < -0.3 is 11.5 Å². The van der Waals surface area contributed by atoms with Gasteiger partial charge in [0.05, 0.1) is 0 Å². The number of rotatable bonds is 2. The van der Waals surface area contributed by atoms with Crippen LogP contribution in [-0.2, 0) is 6.42 Å². The molecule has 0 aliphatic rings. The molecule has 0 fully saturated rings. The predicted molar refractivity (Wildman–Crippen MR) is 74.5 cm³/mol. The van der Waals surface area contributed by atoms with E-state index in [0.717, 1.165) is 5.56 Å². The molecule has 4 N–H and O–H groups in total. The zero-order chi connectivity index (χ0) is 12.4. The second-order valence-corrected chi connectivity index (χ2v) is 3.98. The molecular formula is C11H12FKN4S. The zero-order valence-corrected chi connectivity index (χ0v) is 9.79. The number of anilines is 2. The molecule has 0 aliphatic carbocycles. The van der Waals surface area contributed by atoms with Crippen molar-refractivity contribution in [2.45, 2.75) is 11.6 Å². The van der Waals surface area contributed by atoms with Gasteiger partial charge in [-0.2, -0.15) is 0 Å². The van der Waals surface area contributed by atoms with Crippen LogP contribution in [0.15, 0.2) is 29.4 Å². The van der Waals surface area contributed by atoms with Crippen LogP contribution in [0.4, 0.5) is 16.0 Å².